The lowest BCUT2D eigenvalue weighted by molar-refractivity contribution is 0.343. The molecule has 3 nitrogen and oxygen atoms in total. The molecule has 0 radical (unpaired) electrons. The van der Waals surface area contributed by atoms with Crippen LogP contribution < -0.4 is 5.32 Å². The third-order valence-electron chi connectivity index (χ3n) is 4.49. The number of rotatable bonds is 4. The molecule has 0 aliphatic heterocycles. The van der Waals surface area contributed by atoms with Gasteiger partial charge in [-0.05, 0) is 54.6 Å². The fraction of sp³-hybridized carbons (Fsp3) is 0.800. The van der Waals surface area contributed by atoms with Crippen molar-refractivity contribution < 1.29 is 0 Å². The molecule has 1 saturated carbocycles. The summed E-state index contributed by atoms with van der Waals surface area (Å²) in [5, 5.41) is 8.15. The van der Waals surface area contributed by atoms with Gasteiger partial charge in [0.05, 0.1) is 15.9 Å². The van der Waals surface area contributed by atoms with Gasteiger partial charge in [-0.25, -0.2) is 0 Å². The highest BCUT2D eigenvalue weighted by Crippen LogP contribution is 2.30. The van der Waals surface area contributed by atoms with Crippen LogP contribution in [0.5, 0.6) is 0 Å². The molecule has 19 heavy (non-hydrogen) atoms. The molecular formula is C15H26BrN3. The Bertz CT molecular complexity index is 414. The van der Waals surface area contributed by atoms with E-state index < -0.39 is 0 Å². The fourth-order valence-corrected chi connectivity index (χ4v) is 4.08. The molecule has 108 valence electrons. The molecule has 1 aromatic rings. The van der Waals surface area contributed by atoms with Gasteiger partial charge in [-0.15, -0.1) is 0 Å². The van der Waals surface area contributed by atoms with Crippen molar-refractivity contribution in [3.63, 3.8) is 0 Å². The van der Waals surface area contributed by atoms with Crippen LogP contribution in [-0.4, -0.2) is 22.9 Å². The first-order chi connectivity index (χ1) is 9.17. The molecular weight excluding hydrogens is 302 g/mol. The summed E-state index contributed by atoms with van der Waals surface area (Å²) in [6.45, 7) is 2.17. The van der Waals surface area contributed by atoms with Crippen LogP contribution in [0.15, 0.2) is 4.47 Å². The van der Waals surface area contributed by atoms with E-state index in [4.69, 9.17) is 0 Å². The van der Waals surface area contributed by atoms with Gasteiger partial charge in [0.1, 0.15) is 0 Å². The van der Waals surface area contributed by atoms with Gasteiger partial charge in [-0.3, -0.25) is 4.68 Å². The summed E-state index contributed by atoms with van der Waals surface area (Å²) in [6, 6.07) is 0.661. The molecule has 0 amide bonds. The zero-order chi connectivity index (χ0) is 13.8. The third kappa shape index (κ3) is 3.40. The van der Waals surface area contributed by atoms with E-state index in [-0.39, 0.29) is 0 Å². The quantitative estimate of drug-likeness (QED) is 0.858. The minimum atomic E-state index is 0.661. The molecule has 1 aromatic heterocycles. The fourth-order valence-electron chi connectivity index (χ4n) is 3.30. The molecule has 1 aliphatic rings. The van der Waals surface area contributed by atoms with Crippen LogP contribution in [0.1, 0.15) is 50.4 Å². The number of hydrogen-bond acceptors (Lipinski definition) is 2. The van der Waals surface area contributed by atoms with Crippen molar-refractivity contribution in [2.24, 2.45) is 13.0 Å². The van der Waals surface area contributed by atoms with Crippen molar-refractivity contribution in [2.45, 2.75) is 57.9 Å². The van der Waals surface area contributed by atoms with E-state index in [9.17, 15) is 0 Å². The molecule has 1 fully saturated rings. The van der Waals surface area contributed by atoms with Crippen LogP contribution in [0.2, 0.25) is 0 Å². The zero-order valence-electron chi connectivity index (χ0n) is 12.4. The molecule has 1 heterocycles. The molecule has 0 spiro atoms. The van der Waals surface area contributed by atoms with Crippen LogP contribution in [0, 0.1) is 5.92 Å². The maximum Gasteiger partial charge on any atom is 0.0766 e. The summed E-state index contributed by atoms with van der Waals surface area (Å²) in [7, 11) is 4.18. The van der Waals surface area contributed by atoms with Crippen LogP contribution in [0.3, 0.4) is 0 Å². The first-order valence-electron chi connectivity index (χ1n) is 7.54. The monoisotopic (exact) mass is 327 g/mol. The Balaban J connectivity index is 2.16. The van der Waals surface area contributed by atoms with Gasteiger partial charge in [0, 0.05) is 13.1 Å². The van der Waals surface area contributed by atoms with Crippen molar-refractivity contribution in [1.82, 2.24) is 15.1 Å². The van der Waals surface area contributed by atoms with Crippen LogP contribution in [0.4, 0.5) is 0 Å². The number of aryl methyl sites for hydroxylation is 2. The maximum atomic E-state index is 4.62. The van der Waals surface area contributed by atoms with E-state index in [1.165, 1.54) is 48.0 Å². The molecule has 2 atom stereocenters. The molecule has 0 aromatic carbocycles. The highest BCUT2D eigenvalue weighted by atomic mass is 79.9. The predicted octanol–water partition coefficient (Wildman–Crippen LogP) is 3.46. The Morgan fingerprint density at radius 2 is 2.05 bits per heavy atom. The van der Waals surface area contributed by atoms with Crippen LogP contribution >= 0.6 is 15.9 Å². The normalized spacial score (nSPS) is 24.4. The number of aromatic nitrogens is 2. The first kappa shape index (κ1) is 15.0. The molecule has 0 bridgehead atoms. The standard InChI is InChI=1S/C15H26BrN3/c1-4-12-15(16)14(19(3)18-12)10-11-8-6-5-7-9-13(11)17-2/h11,13,17H,4-10H2,1-3H3. The van der Waals surface area contributed by atoms with Crippen LogP contribution in [0.25, 0.3) is 0 Å². The van der Waals surface area contributed by atoms with E-state index in [0.717, 1.165) is 18.8 Å². The number of hydrogen-bond donors (Lipinski definition) is 1. The summed E-state index contributed by atoms with van der Waals surface area (Å²) in [5.74, 6) is 0.740. The highest BCUT2D eigenvalue weighted by Gasteiger charge is 2.25. The van der Waals surface area contributed by atoms with Gasteiger partial charge in [0.2, 0.25) is 0 Å². The Labute approximate surface area is 125 Å². The zero-order valence-corrected chi connectivity index (χ0v) is 14.0. The number of nitrogens with one attached hydrogen (secondary N) is 1. The first-order valence-corrected chi connectivity index (χ1v) is 8.34. The molecule has 1 N–H and O–H groups in total. The summed E-state index contributed by atoms with van der Waals surface area (Å²) in [5.41, 5.74) is 2.55. The van der Waals surface area contributed by atoms with Gasteiger partial charge in [0.15, 0.2) is 0 Å². The molecule has 4 heteroatoms. The van der Waals surface area contributed by atoms with Gasteiger partial charge in [-0.1, -0.05) is 26.2 Å². The van der Waals surface area contributed by atoms with E-state index in [1.54, 1.807) is 0 Å². The summed E-state index contributed by atoms with van der Waals surface area (Å²) >= 11 is 3.75. The summed E-state index contributed by atoms with van der Waals surface area (Å²) in [6.07, 6.45) is 8.92. The number of halogens is 1. The lowest BCUT2D eigenvalue weighted by Crippen LogP contribution is -2.34. The lowest BCUT2D eigenvalue weighted by atomic mass is 9.90. The van der Waals surface area contributed by atoms with Crippen LogP contribution in [-0.2, 0) is 19.9 Å². The lowest BCUT2D eigenvalue weighted by Gasteiger charge is -2.25. The second-order valence-electron chi connectivity index (χ2n) is 5.68. The third-order valence-corrected chi connectivity index (χ3v) is 5.40. The Morgan fingerprint density at radius 3 is 2.68 bits per heavy atom. The van der Waals surface area contributed by atoms with E-state index in [1.807, 2.05) is 0 Å². The van der Waals surface area contributed by atoms with Crippen molar-refractivity contribution in [3.05, 3.63) is 15.9 Å². The maximum absolute atomic E-state index is 4.62. The van der Waals surface area contributed by atoms with Crippen molar-refractivity contribution in [2.75, 3.05) is 7.05 Å². The second-order valence-corrected chi connectivity index (χ2v) is 6.47. The van der Waals surface area contributed by atoms with Crippen molar-refractivity contribution in [1.29, 1.82) is 0 Å². The minimum Gasteiger partial charge on any atom is -0.317 e. The highest BCUT2D eigenvalue weighted by molar-refractivity contribution is 9.10. The summed E-state index contributed by atoms with van der Waals surface area (Å²) < 4.78 is 3.30. The molecule has 2 unspecified atom stereocenters. The Kier molecular flexibility index (Phi) is 5.46. The Hall–Kier alpha value is -0.350. The largest absolute Gasteiger partial charge is 0.317 e. The smallest absolute Gasteiger partial charge is 0.0766 e. The van der Waals surface area contributed by atoms with Gasteiger partial charge < -0.3 is 5.32 Å². The SMILES string of the molecule is CCc1nn(C)c(CC2CCCCCC2NC)c1Br. The van der Waals surface area contributed by atoms with E-state index >= 15 is 0 Å². The molecule has 0 saturated heterocycles. The Morgan fingerprint density at radius 1 is 1.32 bits per heavy atom. The molecule has 2 rings (SSSR count). The van der Waals surface area contributed by atoms with Crippen molar-refractivity contribution >= 4 is 15.9 Å². The topological polar surface area (TPSA) is 29.9 Å². The van der Waals surface area contributed by atoms with Gasteiger partial charge in [-0.2, -0.15) is 5.10 Å². The summed E-state index contributed by atoms with van der Waals surface area (Å²) in [4.78, 5) is 0. The van der Waals surface area contributed by atoms with Crippen molar-refractivity contribution in [3.8, 4) is 0 Å². The predicted molar refractivity (Wildman–Crippen MR) is 83.4 cm³/mol. The van der Waals surface area contributed by atoms with Gasteiger partial charge in [0.25, 0.3) is 0 Å². The van der Waals surface area contributed by atoms with E-state index in [0.29, 0.717) is 6.04 Å². The van der Waals surface area contributed by atoms with Gasteiger partial charge >= 0.3 is 0 Å². The second kappa shape index (κ2) is 6.89. The van der Waals surface area contributed by atoms with E-state index in [2.05, 4.69) is 52.0 Å². The molecule has 1 aliphatic carbocycles. The average molecular weight is 328 g/mol. The average Bonchev–Trinajstić information content (AvgIpc) is 2.60. The number of nitrogens with zero attached hydrogens (tertiary/aromatic N) is 2. The minimum absolute atomic E-state index is 0.661.